The molecule has 2 aromatic carbocycles. The number of hydrogen-bond donors (Lipinski definition) is 0. The molecule has 32 heavy (non-hydrogen) atoms. The SMILES string of the molecule is CCCC1(F)COC(CCc2ccc(C(F)(F)Oc3ccc(CC)c(F)c3F)cc2)OC1. The van der Waals surface area contributed by atoms with Crippen LogP contribution in [0.5, 0.6) is 5.75 Å². The average Bonchev–Trinajstić information content (AvgIpc) is 2.77. The minimum atomic E-state index is -3.85. The van der Waals surface area contributed by atoms with Gasteiger partial charge in [0.15, 0.2) is 23.5 Å². The third-order valence-corrected chi connectivity index (χ3v) is 5.46. The molecule has 0 radical (unpaired) electrons. The van der Waals surface area contributed by atoms with Crippen molar-refractivity contribution in [3.8, 4) is 5.75 Å². The maximum absolute atomic E-state index is 14.5. The van der Waals surface area contributed by atoms with Crippen LogP contribution in [0.2, 0.25) is 0 Å². The molecule has 0 aromatic heterocycles. The number of hydrogen-bond acceptors (Lipinski definition) is 3. The van der Waals surface area contributed by atoms with Gasteiger partial charge in [-0.25, -0.2) is 8.78 Å². The molecule has 0 atom stereocenters. The highest BCUT2D eigenvalue weighted by Crippen LogP contribution is 2.34. The van der Waals surface area contributed by atoms with Crippen molar-refractivity contribution in [1.29, 1.82) is 0 Å². The highest BCUT2D eigenvalue weighted by Gasteiger charge is 2.37. The molecule has 3 rings (SSSR count). The standard InChI is InChI=1S/C24H27F5O3/c1-3-13-23(27)14-30-20(31-15-23)12-7-16-5-9-18(10-6-16)24(28,29)32-19-11-8-17(4-2)21(25)22(19)26/h5-6,8-11,20H,3-4,7,12-15H2,1-2H3. The van der Waals surface area contributed by atoms with Crippen LogP contribution in [0.25, 0.3) is 0 Å². The second kappa shape index (κ2) is 10.2. The van der Waals surface area contributed by atoms with Gasteiger partial charge in [-0.1, -0.05) is 38.5 Å². The van der Waals surface area contributed by atoms with E-state index in [1.54, 1.807) is 6.92 Å². The lowest BCUT2D eigenvalue weighted by Gasteiger charge is -2.34. The number of ether oxygens (including phenoxy) is 3. The molecule has 1 heterocycles. The van der Waals surface area contributed by atoms with Crippen LogP contribution in [0.4, 0.5) is 22.0 Å². The Kier molecular flexibility index (Phi) is 7.77. The van der Waals surface area contributed by atoms with Crippen LogP contribution in [-0.2, 0) is 28.4 Å². The zero-order chi connectivity index (χ0) is 23.4. The Hall–Kier alpha value is -2.19. The Labute approximate surface area is 184 Å². The Morgan fingerprint density at radius 2 is 1.66 bits per heavy atom. The highest BCUT2D eigenvalue weighted by molar-refractivity contribution is 5.33. The minimum Gasteiger partial charge on any atom is -0.426 e. The monoisotopic (exact) mass is 458 g/mol. The van der Waals surface area contributed by atoms with E-state index >= 15 is 0 Å². The van der Waals surface area contributed by atoms with E-state index in [0.717, 1.165) is 11.6 Å². The third kappa shape index (κ3) is 5.78. The normalized spacial score (nSPS) is 21.5. The van der Waals surface area contributed by atoms with E-state index in [1.165, 1.54) is 30.3 Å². The van der Waals surface area contributed by atoms with Gasteiger partial charge >= 0.3 is 6.11 Å². The molecule has 0 aliphatic carbocycles. The molecule has 2 aromatic rings. The number of halogens is 5. The molecule has 0 N–H and O–H groups in total. The Balaban J connectivity index is 1.57. The molecule has 1 saturated heterocycles. The summed E-state index contributed by atoms with van der Waals surface area (Å²) in [6.45, 7) is 3.47. The Morgan fingerprint density at radius 3 is 2.25 bits per heavy atom. The zero-order valence-electron chi connectivity index (χ0n) is 18.1. The molecule has 1 aliphatic heterocycles. The molecule has 0 spiro atoms. The fraction of sp³-hybridized carbons (Fsp3) is 0.500. The molecule has 3 nitrogen and oxygen atoms in total. The molecule has 8 heteroatoms. The molecule has 176 valence electrons. The maximum atomic E-state index is 14.5. The summed E-state index contributed by atoms with van der Waals surface area (Å²) in [5.41, 5.74) is -1.13. The highest BCUT2D eigenvalue weighted by atomic mass is 19.3. The molecule has 1 aliphatic rings. The lowest BCUT2D eigenvalue weighted by atomic mass is 10.0. The van der Waals surface area contributed by atoms with Crippen molar-refractivity contribution in [3.05, 3.63) is 64.7 Å². The van der Waals surface area contributed by atoms with E-state index < -0.39 is 41.0 Å². The zero-order valence-corrected chi connectivity index (χ0v) is 18.1. The molecule has 0 saturated carbocycles. The van der Waals surface area contributed by atoms with Gasteiger partial charge in [-0.05, 0) is 48.6 Å². The summed E-state index contributed by atoms with van der Waals surface area (Å²) < 4.78 is 86.6. The molecular formula is C24H27F5O3. The van der Waals surface area contributed by atoms with Gasteiger partial charge < -0.3 is 14.2 Å². The Bertz CT molecular complexity index is 893. The van der Waals surface area contributed by atoms with Crippen LogP contribution >= 0.6 is 0 Å². The summed E-state index contributed by atoms with van der Waals surface area (Å²) in [4.78, 5) is 0. The largest absolute Gasteiger partial charge is 0.426 e. The van der Waals surface area contributed by atoms with Crippen LogP contribution < -0.4 is 4.74 Å². The maximum Gasteiger partial charge on any atom is 0.426 e. The van der Waals surface area contributed by atoms with Crippen LogP contribution in [-0.4, -0.2) is 25.2 Å². The summed E-state index contributed by atoms with van der Waals surface area (Å²) in [5, 5.41) is 0. The van der Waals surface area contributed by atoms with Gasteiger partial charge in [0, 0.05) is 6.42 Å². The summed E-state index contributed by atoms with van der Waals surface area (Å²) in [5.74, 6) is -3.49. The van der Waals surface area contributed by atoms with Gasteiger partial charge in [-0.2, -0.15) is 13.2 Å². The lowest BCUT2D eigenvalue weighted by molar-refractivity contribution is -0.236. The van der Waals surface area contributed by atoms with Gasteiger partial charge in [-0.15, -0.1) is 0 Å². The first kappa shape index (κ1) is 24.5. The number of aryl methyl sites for hydroxylation is 2. The number of rotatable bonds is 9. The fourth-order valence-corrected chi connectivity index (χ4v) is 3.60. The summed E-state index contributed by atoms with van der Waals surface area (Å²) >= 11 is 0. The van der Waals surface area contributed by atoms with Crippen molar-refractivity contribution in [1.82, 2.24) is 0 Å². The van der Waals surface area contributed by atoms with E-state index in [1.807, 2.05) is 6.92 Å². The van der Waals surface area contributed by atoms with Gasteiger partial charge in [0.2, 0.25) is 5.82 Å². The predicted octanol–water partition coefficient (Wildman–Crippen LogP) is 6.47. The first-order valence-electron chi connectivity index (χ1n) is 10.7. The van der Waals surface area contributed by atoms with Crippen LogP contribution in [0.1, 0.15) is 49.8 Å². The lowest BCUT2D eigenvalue weighted by Crippen LogP contribution is -2.44. The second-order valence-corrected chi connectivity index (χ2v) is 8.01. The molecule has 0 unspecified atom stereocenters. The minimum absolute atomic E-state index is 0.0234. The summed E-state index contributed by atoms with van der Waals surface area (Å²) in [7, 11) is 0. The van der Waals surface area contributed by atoms with Crippen molar-refractivity contribution in [2.24, 2.45) is 0 Å². The van der Waals surface area contributed by atoms with Crippen LogP contribution in [0.3, 0.4) is 0 Å². The van der Waals surface area contributed by atoms with Gasteiger partial charge in [-0.3, -0.25) is 0 Å². The summed E-state index contributed by atoms with van der Waals surface area (Å²) in [6.07, 6.45) is -2.18. The van der Waals surface area contributed by atoms with Gasteiger partial charge in [0.1, 0.15) is 0 Å². The first-order chi connectivity index (χ1) is 15.2. The molecular weight excluding hydrogens is 431 g/mol. The number of benzene rings is 2. The molecule has 1 fully saturated rings. The summed E-state index contributed by atoms with van der Waals surface area (Å²) in [6, 6.07) is 7.53. The second-order valence-electron chi connectivity index (χ2n) is 8.01. The molecule has 0 amide bonds. The van der Waals surface area contributed by atoms with Crippen molar-refractivity contribution < 1.29 is 36.2 Å². The van der Waals surface area contributed by atoms with Gasteiger partial charge in [0.05, 0.1) is 18.8 Å². The number of alkyl halides is 3. The molecule has 0 bridgehead atoms. The van der Waals surface area contributed by atoms with E-state index in [-0.39, 0.29) is 25.2 Å². The van der Waals surface area contributed by atoms with E-state index in [0.29, 0.717) is 25.7 Å². The first-order valence-corrected chi connectivity index (χ1v) is 10.7. The van der Waals surface area contributed by atoms with Crippen molar-refractivity contribution >= 4 is 0 Å². The van der Waals surface area contributed by atoms with Crippen LogP contribution in [0, 0.1) is 11.6 Å². The van der Waals surface area contributed by atoms with Crippen molar-refractivity contribution in [2.75, 3.05) is 13.2 Å². The van der Waals surface area contributed by atoms with E-state index in [2.05, 4.69) is 4.74 Å². The van der Waals surface area contributed by atoms with Crippen molar-refractivity contribution in [2.45, 2.75) is 64.0 Å². The quantitative estimate of drug-likeness (QED) is 0.403. The Morgan fingerprint density at radius 1 is 1.00 bits per heavy atom. The third-order valence-electron chi connectivity index (χ3n) is 5.46. The topological polar surface area (TPSA) is 27.7 Å². The van der Waals surface area contributed by atoms with Crippen molar-refractivity contribution in [3.63, 3.8) is 0 Å². The van der Waals surface area contributed by atoms with E-state index in [9.17, 15) is 22.0 Å². The van der Waals surface area contributed by atoms with Crippen LogP contribution in [0.15, 0.2) is 36.4 Å². The predicted molar refractivity (Wildman–Crippen MR) is 109 cm³/mol. The fourth-order valence-electron chi connectivity index (χ4n) is 3.60. The average molecular weight is 458 g/mol. The smallest absolute Gasteiger partial charge is 0.426 e. The van der Waals surface area contributed by atoms with E-state index in [4.69, 9.17) is 9.47 Å². The van der Waals surface area contributed by atoms with Gasteiger partial charge in [0.25, 0.3) is 0 Å².